The number of hydrogen-bond acceptors (Lipinski definition) is 1. The summed E-state index contributed by atoms with van der Waals surface area (Å²) in [7, 11) is 1.71. The molecule has 0 radical (unpaired) electrons. The predicted octanol–water partition coefficient (Wildman–Crippen LogP) is 4.23. The minimum absolute atomic E-state index is 0.836. The van der Waals surface area contributed by atoms with E-state index in [4.69, 9.17) is 4.74 Å². The largest absolute Gasteiger partial charge is 0.496 e. The van der Waals surface area contributed by atoms with E-state index in [1.54, 1.807) is 7.11 Å². The van der Waals surface area contributed by atoms with Crippen molar-refractivity contribution in [1.82, 2.24) is 4.57 Å². The van der Waals surface area contributed by atoms with E-state index in [1.165, 1.54) is 22.4 Å². The molecule has 18 heavy (non-hydrogen) atoms. The van der Waals surface area contributed by atoms with Crippen molar-refractivity contribution in [1.29, 1.82) is 0 Å². The highest BCUT2D eigenvalue weighted by atomic mass is 79.9. The van der Waals surface area contributed by atoms with Gasteiger partial charge in [-0.25, -0.2) is 0 Å². The molecule has 2 rings (SSSR count). The van der Waals surface area contributed by atoms with E-state index >= 15 is 0 Å². The van der Waals surface area contributed by atoms with Crippen LogP contribution in [0.2, 0.25) is 0 Å². The zero-order valence-electron chi connectivity index (χ0n) is 11.2. The summed E-state index contributed by atoms with van der Waals surface area (Å²) >= 11 is 3.51. The van der Waals surface area contributed by atoms with E-state index < -0.39 is 0 Å². The molecule has 0 saturated heterocycles. The number of rotatable bonds is 3. The Kier molecular flexibility index (Phi) is 3.81. The quantitative estimate of drug-likeness (QED) is 0.827. The fourth-order valence-electron chi connectivity index (χ4n) is 2.15. The van der Waals surface area contributed by atoms with Crippen LogP contribution in [0.1, 0.15) is 22.4 Å². The maximum atomic E-state index is 5.42. The second-order valence-corrected chi connectivity index (χ2v) is 5.52. The number of benzene rings is 1. The van der Waals surface area contributed by atoms with Gasteiger partial charge in [-0.1, -0.05) is 15.9 Å². The molecule has 0 N–H and O–H groups in total. The predicted molar refractivity (Wildman–Crippen MR) is 78.4 cm³/mol. The van der Waals surface area contributed by atoms with Crippen LogP contribution < -0.4 is 4.74 Å². The normalized spacial score (nSPS) is 10.7. The van der Waals surface area contributed by atoms with E-state index in [0.717, 1.165) is 16.8 Å². The molecular weight excluding hydrogens is 290 g/mol. The van der Waals surface area contributed by atoms with Crippen molar-refractivity contribution in [3.8, 4) is 5.75 Å². The van der Waals surface area contributed by atoms with Crippen LogP contribution in [-0.4, -0.2) is 11.7 Å². The van der Waals surface area contributed by atoms with E-state index in [1.807, 2.05) is 12.1 Å². The average molecular weight is 308 g/mol. The number of halogens is 1. The number of aryl methyl sites for hydroxylation is 1. The molecule has 1 aromatic heterocycles. The summed E-state index contributed by atoms with van der Waals surface area (Å²) in [4.78, 5) is 0. The second kappa shape index (κ2) is 5.19. The van der Waals surface area contributed by atoms with Gasteiger partial charge in [-0.05, 0) is 50.1 Å². The molecule has 0 spiro atoms. The van der Waals surface area contributed by atoms with Crippen LogP contribution in [0, 0.1) is 20.8 Å². The molecule has 3 heteroatoms. The SMILES string of the molecule is COc1ccc(Br)cc1Cn1cc(C)c(C)c1C. The Morgan fingerprint density at radius 1 is 1.22 bits per heavy atom. The smallest absolute Gasteiger partial charge is 0.123 e. The first-order valence-electron chi connectivity index (χ1n) is 5.98. The highest BCUT2D eigenvalue weighted by Gasteiger charge is 2.09. The zero-order valence-corrected chi connectivity index (χ0v) is 12.8. The van der Waals surface area contributed by atoms with Gasteiger partial charge >= 0.3 is 0 Å². The number of methoxy groups -OCH3 is 1. The van der Waals surface area contributed by atoms with Gasteiger partial charge in [0.15, 0.2) is 0 Å². The van der Waals surface area contributed by atoms with Crippen LogP contribution >= 0.6 is 15.9 Å². The summed E-state index contributed by atoms with van der Waals surface area (Å²) in [5.74, 6) is 0.932. The van der Waals surface area contributed by atoms with Gasteiger partial charge in [-0.15, -0.1) is 0 Å². The summed E-state index contributed by atoms with van der Waals surface area (Å²) < 4.78 is 8.77. The zero-order chi connectivity index (χ0) is 13.3. The van der Waals surface area contributed by atoms with Crippen molar-refractivity contribution in [3.63, 3.8) is 0 Å². The molecule has 1 aromatic carbocycles. The fourth-order valence-corrected chi connectivity index (χ4v) is 2.56. The summed E-state index contributed by atoms with van der Waals surface area (Å²) in [6.45, 7) is 7.31. The molecular formula is C15H18BrNO. The van der Waals surface area contributed by atoms with Crippen LogP contribution in [0.15, 0.2) is 28.9 Å². The van der Waals surface area contributed by atoms with Gasteiger partial charge in [-0.2, -0.15) is 0 Å². The van der Waals surface area contributed by atoms with E-state index in [0.29, 0.717) is 0 Å². The van der Waals surface area contributed by atoms with E-state index in [9.17, 15) is 0 Å². The first-order chi connectivity index (χ1) is 8.52. The Bertz CT molecular complexity index is 572. The van der Waals surface area contributed by atoms with Gasteiger partial charge in [0.2, 0.25) is 0 Å². The molecule has 0 bridgehead atoms. The molecule has 1 heterocycles. The van der Waals surface area contributed by atoms with Crippen molar-refractivity contribution in [3.05, 3.63) is 51.3 Å². The Labute approximate surface area is 117 Å². The summed E-state index contributed by atoms with van der Waals surface area (Å²) in [6, 6.07) is 6.11. The summed E-state index contributed by atoms with van der Waals surface area (Å²) in [5.41, 5.74) is 5.20. The van der Waals surface area contributed by atoms with Gasteiger partial charge in [0.1, 0.15) is 5.75 Å². The van der Waals surface area contributed by atoms with Gasteiger partial charge in [-0.3, -0.25) is 0 Å². The maximum absolute atomic E-state index is 5.42. The van der Waals surface area contributed by atoms with Crippen molar-refractivity contribution in [2.75, 3.05) is 7.11 Å². The highest BCUT2D eigenvalue weighted by molar-refractivity contribution is 9.10. The highest BCUT2D eigenvalue weighted by Crippen LogP contribution is 2.25. The van der Waals surface area contributed by atoms with Crippen molar-refractivity contribution in [2.24, 2.45) is 0 Å². The molecule has 0 aliphatic rings. The molecule has 0 unspecified atom stereocenters. The number of aromatic nitrogens is 1. The Hall–Kier alpha value is -1.22. The third-order valence-electron chi connectivity index (χ3n) is 3.50. The first kappa shape index (κ1) is 13.2. The lowest BCUT2D eigenvalue weighted by atomic mass is 10.2. The van der Waals surface area contributed by atoms with Gasteiger partial charge in [0.25, 0.3) is 0 Å². The molecule has 0 saturated carbocycles. The molecule has 96 valence electrons. The van der Waals surface area contributed by atoms with Gasteiger partial charge in [0.05, 0.1) is 13.7 Å². The van der Waals surface area contributed by atoms with Crippen LogP contribution in [-0.2, 0) is 6.54 Å². The second-order valence-electron chi connectivity index (χ2n) is 4.61. The minimum atomic E-state index is 0.836. The molecule has 2 nitrogen and oxygen atoms in total. The van der Waals surface area contributed by atoms with Gasteiger partial charge < -0.3 is 9.30 Å². The first-order valence-corrected chi connectivity index (χ1v) is 6.77. The molecule has 0 amide bonds. The molecule has 0 aliphatic carbocycles. The summed E-state index contributed by atoms with van der Waals surface area (Å²) in [5, 5.41) is 0. The standard InChI is InChI=1S/C15H18BrNO/c1-10-8-17(12(3)11(10)2)9-13-7-14(16)5-6-15(13)18-4/h5-8H,9H2,1-4H3. The molecule has 0 fully saturated rings. The minimum Gasteiger partial charge on any atom is -0.496 e. The average Bonchev–Trinajstić information content (AvgIpc) is 2.57. The van der Waals surface area contributed by atoms with E-state index in [2.05, 4.69) is 53.5 Å². The number of ether oxygens (including phenoxy) is 1. The Morgan fingerprint density at radius 3 is 2.50 bits per heavy atom. The topological polar surface area (TPSA) is 14.2 Å². The molecule has 0 atom stereocenters. The van der Waals surface area contributed by atoms with Gasteiger partial charge in [0, 0.05) is 21.9 Å². The van der Waals surface area contributed by atoms with Crippen LogP contribution in [0.3, 0.4) is 0 Å². The lowest BCUT2D eigenvalue weighted by Crippen LogP contribution is -2.02. The molecule has 0 aliphatic heterocycles. The Balaban J connectivity index is 2.39. The van der Waals surface area contributed by atoms with Crippen molar-refractivity contribution < 1.29 is 4.74 Å². The third-order valence-corrected chi connectivity index (χ3v) is 3.99. The number of nitrogens with zero attached hydrogens (tertiary/aromatic N) is 1. The monoisotopic (exact) mass is 307 g/mol. The van der Waals surface area contributed by atoms with Crippen LogP contribution in [0.25, 0.3) is 0 Å². The van der Waals surface area contributed by atoms with Crippen LogP contribution in [0.5, 0.6) is 5.75 Å². The summed E-state index contributed by atoms with van der Waals surface area (Å²) in [6.07, 6.45) is 2.20. The van der Waals surface area contributed by atoms with E-state index in [-0.39, 0.29) is 0 Å². The third kappa shape index (κ3) is 2.46. The fraction of sp³-hybridized carbons (Fsp3) is 0.333. The lowest BCUT2D eigenvalue weighted by Gasteiger charge is -2.11. The maximum Gasteiger partial charge on any atom is 0.123 e. The van der Waals surface area contributed by atoms with Crippen molar-refractivity contribution in [2.45, 2.75) is 27.3 Å². The lowest BCUT2D eigenvalue weighted by molar-refractivity contribution is 0.408. The van der Waals surface area contributed by atoms with Crippen molar-refractivity contribution >= 4 is 15.9 Å². The Morgan fingerprint density at radius 2 is 1.94 bits per heavy atom. The van der Waals surface area contributed by atoms with Crippen LogP contribution in [0.4, 0.5) is 0 Å². The number of hydrogen-bond donors (Lipinski definition) is 0. The molecule has 2 aromatic rings.